The van der Waals surface area contributed by atoms with Gasteiger partial charge in [0.15, 0.2) is 0 Å². The number of aliphatic hydroxyl groups excluding tert-OH is 5. The topological polar surface area (TPSA) is 101 Å². The van der Waals surface area contributed by atoms with Crippen molar-refractivity contribution in [3.8, 4) is 0 Å². The maximum absolute atomic E-state index is 9.41. The molecule has 14 heavy (non-hydrogen) atoms. The van der Waals surface area contributed by atoms with Crippen molar-refractivity contribution in [1.29, 1.82) is 0 Å². The maximum Gasteiger partial charge on any atom is 0.108 e. The van der Waals surface area contributed by atoms with E-state index in [0.717, 1.165) is 0 Å². The molecule has 86 valence electrons. The highest BCUT2D eigenvalue weighted by Crippen LogP contribution is 2.13. The van der Waals surface area contributed by atoms with Gasteiger partial charge in [0, 0.05) is 6.61 Å². The summed E-state index contributed by atoms with van der Waals surface area (Å²) in [6, 6.07) is 0. The van der Waals surface area contributed by atoms with Crippen LogP contribution in [0.25, 0.3) is 0 Å². The quantitative estimate of drug-likeness (QED) is 0.364. The number of hydrogen-bond acceptors (Lipinski definition) is 5. The monoisotopic (exact) mass is 208 g/mol. The van der Waals surface area contributed by atoms with Gasteiger partial charge in [-0.2, -0.15) is 0 Å². The summed E-state index contributed by atoms with van der Waals surface area (Å²) in [6.45, 7) is 3.11. The number of aliphatic hydroxyl groups is 5. The lowest BCUT2D eigenvalue weighted by Gasteiger charge is -2.28. The first kappa shape index (κ1) is 13.8. The first-order valence-corrected chi connectivity index (χ1v) is 4.75. The second kappa shape index (κ2) is 6.31. The summed E-state index contributed by atoms with van der Waals surface area (Å²) >= 11 is 0. The van der Waals surface area contributed by atoms with Crippen LogP contribution in [0.2, 0.25) is 0 Å². The van der Waals surface area contributed by atoms with E-state index in [-0.39, 0.29) is 18.9 Å². The van der Waals surface area contributed by atoms with E-state index in [9.17, 15) is 20.4 Å². The third-order valence-corrected chi connectivity index (χ3v) is 2.20. The van der Waals surface area contributed by atoms with Crippen molar-refractivity contribution in [2.75, 3.05) is 6.61 Å². The molecule has 0 saturated heterocycles. The van der Waals surface area contributed by atoms with Crippen LogP contribution in [0.3, 0.4) is 0 Å². The second-order valence-corrected chi connectivity index (χ2v) is 3.80. The van der Waals surface area contributed by atoms with Gasteiger partial charge in [0.05, 0.1) is 12.2 Å². The van der Waals surface area contributed by atoms with E-state index in [4.69, 9.17) is 5.11 Å². The van der Waals surface area contributed by atoms with Gasteiger partial charge in [0.25, 0.3) is 0 Å². The van der Waals surface area contributed by atoms with E-state index in [1.54, 1.807) is 13.8 Å². The molecule has 5 nitrogen and oxygen atoms in total. The Bertz CT molecular complexity index is 150. The van der Waals surface area contributed by atoms with E-state index in [1.165, 1.54) is 0 Å². The van der Waals surface area contributed by atoms with Gasteiger partial charge in [-0.05, 0) is 12.3 Å². The van der Waals surface area contributed by atoms with Gasteiger partial charge in [-0.15, -0.1) is 0 Å². The highest BCUT2D eigenvalue weighted by Gasteiger charge is 2.31. The van der Waals surface area contributed by atoms with Crippen LogP contribution in [-0.4, -0.2) is 56.6 Å². The van der Waals surface area contributed by atoms with E-state index in [2.05, 4.69) is 0 Å². The Morgan fingerprint density at radius 2 is 1.36 bits per heavy atom. The molecule has 0 fully saturated rings. The summed E-state index contributed by atoms with van der Waals surface area (Å²) in [6.07, 6.45) is -5.15. The first-order chi connectivity index (χ1) is 6.41. The van der Waals surface area contributed by atoms with Crippen LogP contribution in [0, 0.1) is 5.92 Å². The molecule has 4 atom stereocenters. The molecule has 0 aromatic carbocycles. The van der Waals surface area contributed by atoms with Crippen LogP contribution in [0.5, 0.6) is 0 Å². The Kier molecular flexibility index (Phi) is 6.22. The SMILES string of the molecule is CC(C)[C@H](O)C(O)[C@@H](O)[C@H](O)CCO. The number of rotatable bonds is 6. The van der Waals surface area contributed by atoms with Gasteiger partial charge in [0.1, 0.15) is 12.2 Å². The summed E-state index contributed by atoms with van der Waals surface area (Å²) in [5, 5.41) is 45.9. The minimum absolute atomic E-state index is 0.0248. The molecule has 0 aliphatic rings. The summed E-state index contributed by atoms with van der Waals surface area (Å²) in [5.41, 5.74) is 0. The Labute approximate surface area is 83.6 Å². The Morgan fingerprint density at radius 1 is 0.857 bits per heavy atom. The molecule has 0 radical (unpaired) electrons. The van der Waals surface area contributed by atoms with Crippen LogP contribution in [0.4, 0.5) is 0 Å². The Hall–Kier alpha value is -0.200. The third-order valence-electron chi connectivity index (χ3n) is 2.20. The second-order valence-electron chi connectivity index (χ2n) is 3.80. The molecular formula is C9H20O5. The molecule has 0 aliphatic carbocycles. The number of hydrogen-bond donors (Lipinski definition) is 5. The average molecular weight is 208 g/mol. The zero-order valence-corrected chi connectivity index (χ0v) is 8.54. The summed E-state index contributed by atoms with van der Waals surface area (Å²) in [4.78, 5) is 0. The zero-order valence-electron chi connectivity index (χ0n) is 8.54. The standard InChI is InChI=1S/C9H20O5/c1-5(2)7(12)9(14)8(13)6(11)3-4-10/h5-14H,3-4H2,1-2H3/t6-,7+,8+,9?/m1/s1. The first-order valence-electron chi connectivity index (χ1n) is 4.75. The van der Waals surface area contributed by atoms with Crippen molar-refractivity contribution in [3.63, 3.8) is 0 Å². The molecule has 0 aromatic heterocycles. The molecule has 0 saturated carbocycles. The Morgan fingerprint density at radius 3 is 1.71 bits per heavy atom. The Balaban J connectivity index is 4.15. The van der Waals surface area contributed by atoms with Gasteiger partial charge < -0.3 is 25.5 Å². The van der Waals surface area contributed by atoms with Gasteiger partial charge in [0.2, 0.25) is 0 Å². The molecule has 0 bridgehead atoms. The zero-order chi connectivity index (χ0) is 11.3. The largest absolute Gasteiger partial charge is 0.396 e. The molecule has 0 spiro atoms. The van der Waals surface area contributed by atoms with Gasteiger partial charge in [-0.1, -0.05) is 13.8 Å². The molecule has 1 unspecified atom stereocenters. The highest BCUT2D eigenvalue weighted by molar-refractivity contribution is 4.82. The van der Waals surface area contributed by atoms with Crippen LogP contribution in [0.1, 0.15) is 20.3 Å². The molecule has 0 amide bonds. The third kappa shape index (κ3) is 3.89. The molecule has 0 aromatic rings. The van der Waals surface area contributed by atoms with Crippen molar-refractivity contribution in [2.24, 2.45) is 5.92 Å². The lowest BCUT2D eigenvalue weighted by atomic mass is 9.94. The van der Waals surface area contributed by atoms with E-state index >= 15 is 0 Å². The molecule has 0 heterocycles. The van der Waals surface area contributed by atoms with Gasteiger partial charge in [-0.25, -0.2) is 0 Å². The van der Waals surface area contributed by atoms with Gasteiger partial charge in [-0.3, -0.25) is 0 Å². The van der Waals surface area contributed by atoms with Crippen molar-refractivity contribution in [2.45, 2.75) is 44.7 Å². The van der Waals surface area contributed by atoms with Crippen molar-refractivity contribution < 1.29 is 25.5 Å². The molecule has 5 N–H and O–H groups in total. The van der Waals surface area contributed by atoms with Crippen LogP contribution in [-0.2, 0) is 0 Å². The summed E-state index contributed by atoms with van der Waals surface area (Å²) in [7, 11) is 0. The lowest BCUT2D eigenvalue weighted by molar-refractivity contribution is -0.118. The normalized spacial score (nSPS) is 20.6. The molecular weight excluding hydrogens is 188 g/mol. The van der Waals surface area contributed by atoms with Crippen molar-refractivity contribution in [1.82, 2.24) is 0 Å². The lowest BCUT2D eigenvalue weighted by Crippen LogP contribution is -2.46. The fourth-order valence-corrected chi connectivity index (χ4v) is 1.13. The van der Waals surface area contributed by atoms with Crippen LogP contribution >= 0.6 is 0 Å². The molecule has 0 rings (SSSR count). The van der Waals surface area contributed by atoms with E-state index in [1.807, 2.05) is 0 Å². The smallest absolute Gasteiger partial charge is 0.108 e. The average Bonchev–Trinajstić information content (AvgIpc) is 2.14. The van der Waals surface area contributed by atoms with E-state index in [0.29, 0.717) is 0 Å². The fraction of sp³-hybridized carbons (Fsp3) is 1.00. The summed E-state index contributed by atoms with van der Waals surface area (Å²) < 4.78 is 0. The maximum atomic E-state index is 9.41. The minimum atomic E-state index is -1.43. The molecule has 5 heteroatoms. The van der Waals surface area contributed by atoms with Gasteiger partial charge >= 0.3 is 0 Å². The summed E-state index contributed by atoms with van der Waals surface area (Å²) in [5.74, 6) is -0.207. The van der Waals surface area contributed by atoms with E-state index < -0.39 is 24.4 Å². The van der Waals surface area contributed by atoms with Crippen molar-refractivity contribution in [3.05, 3.63) is 0 Å². The molecule has 0 aliphatic heterocycles. The van der Waals surface area contributed by atoms with Crippen LogP contribution < -0.4 is 0 Å². The predicted molar refractivity (Wildman–Crippen MR) is 50.6 cm³/mol. The predicted octanol–water partition coefficient (Wildman–Crippen LogP) is -1.53. The fourth-order valence-electron chi connectivity index (χ4n) is 1.13. The highest BCUT2D eigenvalue weighted by atomic mass is 16.4. The van der Waals surface area contributed by atoms with Crippen LogP contribution in [0.15, 0.2) is 0 Å². The minimum Gasteiger partial charge on any atom is -0.396 e. The van der Waals surface area contributed by atoms with Crippen molar-refractivity contribution >= 4 is 0 Å².